The Morgan fingerprint density at radius 1 is 1.15 bits per heavy atom. The maximum Gasteiger partial charge on any atom is 0.0862 e. The minimum atomic E-state index is -0.742. The molecule has 0 bridgehead atoms. The molecule has 1 atom stereocenters. The van der Waals surface area contributed by atoms with E-state index in [0.717, 1.165) is 6.42 Å². The lowest BCUT2D eigenvalue weighted by Crippen LogP contribution is -2.40. The quantitative estimate of drug-likeness (QED) is 0.718. The van der Waals surface area contributed by atoms with Crippen molar-refractivity contribution in [2.45, 2.75) is 65.8 Å². The molecule has 0 aliphatic heterocycles. The van der Waals surface area contributed by atoms with Gasteiger partial charge in [0.15, 0.2) is 0 Å². The van der Waals surface area contributed by atoms with Crippen LogP contribution >= 0.6 is 0 Å². The number of hydrogen-bond donors (Lipinski definition) is 1. The molecule has 0 saturated carbocycles. The normalized spacial score (nSPS) is 15.5. The second-order valence-corrected chi connectivity index (χ2v) is 4.96. The van der Waals surface area contributed by atoms with Crippen molar-refractivity contribution in [3.8, 4) is 0 Å². The van der Waals surface area contributed by atoms with E-state index < -0.39 is 5.60 Å². The van der Waals surface area contributed by atoms with Gasteiger partial charge >= 0.3 is 0 Å². The topological polar surface area (TPSA) is 29.5 Å². The smallest absolute Gasteiger partial charge is 0.0862 e. The lowest BCUT2D eigenvalue weighted by atomic mass is 9.93. The van der Waals surface area contributed by atoms with E-state index in [2.05, 4.69) is 13.8 Å². The van der Waals surface area contributed by atoms with Crippen LogP contribution in [-0.2, 0) is 4.74 Å². The summed E-state index contributed by atoms with van der Waals surface area (Å²) < 4.78 is 5.68. The fourth-order valence-corrected chi connectivity index (χ4v) is 1.27. The van der Waals surface area contributed by atoms with Gasteiger partial charge in [-0.15, -0.1) is 0 Å². The predicted octanol–water partition coefficient (Wildman–Crippen LogP) is 2.60. The molecular weight excluding hydrogens is 164 g/mol. The lowest BCUT2D eigenvalue weighted by Gasteiger charge is -2.32. The molecule has 0 aliphatic rings. The Hall–Kier alpha value is -0.0800. The maximum absolute atomic E-state index is 9.85. The Kier molecular flexibility index (Phi) is 4.93. The van der Waals surface area contributed by atoms with E-state index in [1.807, 2.05) is 27.7 Å². The zero-order valence-corrected chi connectivity index (χ0v) is 9.79. The summed E-state index contributed by atoms with van der Waals surface area (Å²) >= 11 is 0. The molecule has 2 nitrogen and oxygen atoms in total. The van der Waals surface area contributed by atoms with Crippen molar-refractivity contribution >= 4 is 0 Å². The van der Waals surface area contributed by atoms with Crippen LogP contribution in [0.5, 0.6) is 0 Å². The molecular formula is C11H24O2. The Morgan fingerprint density at radius 3 is 1.85 bits per heavy atom. The molecule has 0 aliphatic carbocycles. The average molecular weight is 188 g/mol. The van der Waals surface area contributed by atoms with Gasteiger partial charge in [0.2, 0.25) is 0 Å². The van der Waals surface area contributed by atoms with Gasteiger partial charge in [0.1, 0.15) is 0 Å². The van der Waals surface area contributed by atoms with Crippen LogP contribution in [0.25, 0.3) is 0 Å². The molecule has 13 heavy (non-hydrogen) atoms. The van der Waals surface area contributed by atoms with Crippen LogP contribution in [0.3, 0.4) is 0 Å². The first-order valence-corrected chi connectivity index (χ1v) is 5.11. The second kappa shape index (κ2) is 4.97. The highest BCUT2D eigenvalue weighted by Gasteiger charge is 2.28. The molecule has 1 N–H and O–H groups in total. The zero-order valence-electron chi connectivity index (χ0n) is 9.79. The van der Waals surface area contributed by atoms with E-state index in [1.54, 1.807) is 0 Å². The summed E-state index contributed by atoms with van der Waals surface area (Å²) in [5, 5.41) is 9.85. The third-order valence-corrected chi connectivity index (χ3v) is 1.91. The highest BCUT2D eigenvalue weighted by atomic mass is 16.5. The molecule has 2 heteroatoms. The van der Waals surface area contributed by atoms with E-state index >= 15 is 0 Å². The molecule has 0 fully saturated rings. The predicted molar refractivity (Wildman–Crippen MR) is 55.8 cm³/mol. The maximum atomic E-state index is 9.85. The third-order valence-electron chi connectivity index (χ3n) is 1.91. The SMILES string of the molecule is CC(C)CC(OC(C)C)C(C)(C)O. The fourth-order valence-electron chi connectivity index (χ4n) is 1.27. The summed E-state index contributed by atoms with van der Waals surface area (Å²) in [5.74, 6) is 0.551. The summed E-state index contributed by atoms with van der Waals surface area (Å²) in [6.45, 7) is 11.9. The molecule has 0 aromatic rings. The first kappa shape index (κ1) is 12.9. The fraction of sp³-hybridized carbons (Fsp3) is 1.00. The van der Waals surface area contributed by atoms with Crippen LogP contribution in [0.1, 0.15) is 48.0 Å². The standard InChI is InChI=1S/C11H24O2/c1-8(2)7-10(11(5,6)12)13-9(3)4/h8-10,12H,7H2,1-6H3. The van der Waals surface area contributed by atoms with Gasteiger partial charge in [-0.2, -0.15) is 0 Å². The third kappa shape index (κ3) is 6.05. The van der Waals surface area contributed by atoms with Crippen molar-refractivity contribution in [1.29, 1.82) is 0 Å². The molecule has 0 spiro atoms. The van der Waals surface area contributed by atoms with Crippen LogP contribution in [-0.4, -0.2) is 22.9 Å². The van der Waals surface area contributed by atoms with Crippen molar-refractivity contribution < 1.29 is 9.84 Å². The van der Waals surface area contributed by atoms with Gasteiger partial charge in [-0.3, -0.25) is 0 Å². The Bertz CT molecular complexity index is 124. The highest BCUT2D eigenvalue weighted by Crippen LogP contribution is 2.21. The summed E-state index contributed by atoms with van der Waals surface area (Å²) in [6, 6.07) is 0. The van der Waals surface area contributed by atoms with Gasteiger partial charge in [0.25, 0.3) is 0 Å². The largest absolute Gasteiger partial charge is 0.388 e. The summed E-state index contributed by atoms with van der Waals surface area (Å²) in [4.78, 5) is 0. The van der Waals surface area contributed by atoms with Crippen molar-refractivity contribution in [3.05, 3.63) is 0 Å². The zero-order chi connectivity index (χ0) is 10.6. The van der Waals surface area contributed by atoms with Crippen molar-refractivity contribution in [1.82, 2.24) is 0 Å². The monoisotopic (exact) mass is 188 g/mol. The van der Waals surface area contributed by atoms with E-state index in [9.17, 15) is 5.11 Å². The summed E-state index contributed by atoms with van der Waals surface area (Å²) in [5.41, 5.74) is -0.742. The van der Waals surface area contributed by atoms with Crippen LogP contribution < -0.4 is 0 Å². The Morgan fingerprint density at radius 2 is 1.62 bits per heavy atom. The van der Waals surface area contributed by atoms with Crippen molar-refractivity contribution in [3.63, 3.8) is 0 Å². The van der Waals surface area contributed by atoms with Gasteiger partial charge in [0.05, 0.1) is 17.8 Å². The molecule has 1 unspecified atom stereocenters. The van der Waals surface area contributed by atoms with Gasteiger partial charge in [-0.25, -0.2) is 0 Å². The number of rotatable bonds is 5. The Labute approximate surface area is 82.3 Å². The lowest BCUT2D eigenvalue weighted by molar-refractivity contribution is -0.116. The molecule has 0 amide bonds. The molecule has 0 aromatic carbocycles. The minimum absolute atomic E-state index is 0.0625. The number of hydrogen-bond acceptors (Lipinski definition) is 2. The van der Waals surface area contributed by atoms with E-state index in [1.165, 1.54) is 0 Å². The molecule has 0 radical (unpaired) electrons. The summed E-state index contributed by atoms with van der Waals surface area (Å²) in [6.07, 6.45) is 1.02. The average Bonchev–Trinajstić information content (AvgIpc) is 1.81. The molecule has 0 heterocycles. The van der Waals surface area contributed by atoms with Crippen LogP contribution in [0.4, 0.5) is 0 Å². The van der Waals surface area contributed by atoms with E-state index in [4.69, 9.17) is 4.74 Å². The Balaban J connectivity index is 4.20. The van der Waals surface area contributed by atoms with E-state index in [-0.39, 0.29) is 12.2 Å². The van der Waals surface area contributed by atoms with Gasteiger partial charge < -0.3 is 9.84 Å². The molecule has 0 aromatic heterocycles. The van der Waals surface area contributed by atoms with E-state index in [0.29, 0.717) is 5.92 Å². The molecule has 80 valence electrons. The highest BCUT2D eigenvalue weighted by molar-refractivity contribution is 4.79. The van der Waals surface area contributed by atoms with Gasteiger partial charge in [-0.05, 0) is 40.0 Å². The second-order valence-electron chi connectivity index (χ2n) is 4.96. The number of aliphatic hydroxyl groups is 1. The first-order valence-electron chi connectivity index (χ1n) is 5.11. The van der Waals surface area contributed by atoms with Crippen molar-refractivity contribution in [2.75, 3.05) is 0 Å². The molecule has 0 rings (SSSR count). The van der Waals surface area contributed by atoms with Crippen molar-refractivity contribution in [2.24, 2.45) is 5.92 Å². The first-order chi connectivity index (χ1) is 5.73. The molecule has 0 saturated heterocycles. The minimum Gasteiger partial charge on any atom is -0.388 e. The van der Waals surface area contributed by atoms with Gasteiger partial charge in [-0.1, -0.05) is 13.8 Å². The van der Waals surface area contributed by atoms with Crippen LogP contribution in [0.2, 0.25) is 0 Å². The summed E-state index contributed by atoms with van der Waals surface area (Å²) in [7, 11) is 0. The number of ether oxygens (including phenoxy) is 1. The van der Waals surface area contributed by atoms with Crippen LogP contribution in [0, 0.1) is 5.92 Å². The van der Waals surface area contributed by atoms with Crippen LogP contribution in [0.15, 0.2) is 0 Å². The van der Waals surface area contributed by atoms with Gasteiger partial charge in [0, 0.05) is 0 Å².